The maximum atomic E-state index is 5.43. The van der Waals surface area contributed by atoms with Crippen LogP contribution < -0.4 is 10.5 Å². The molecule has 1 aromatic carbocycles. The molecule has 0 radical (unpaired) electrons. The number of hydrogen-bond acceptors (Lipinski definition) is 4. The predicted octanol–water partition coefficient (Wildman–Crippen LogP) is 2.71. The summed E-state index contributed by atoms with van der Waals surface area (Å²) in [5.41, 5.74) is 7.66. The van der Waals surface area contributed by atoms with Gasteiger partial charge < -0.3 is 10.5 Å². The standard InChI is InChI=1S/C13H16N2OS/c1-2-11-9-17-13(15-11)10-3-5-12(6-4-10)16-8-7-14/h3-6,9H,2,7-8,14H2,1H3. The number of hydrogen-bond donors (Lipinski definition) is 1. The Labute approximate surface area is 105 Å². The Bertz CT molecular complexity index is 465. The van der Waals surface area contributed by atoms with E-state index in [4.69, 9.17) is 10.5 Å². The van der Waals surface area contributed by atoms with Crippen LogP contribution in [0.2, 0.25) is 0 Å². The number of benzene rings is 1. The van der Waals surface area contributed by atoms with Crippen molar-refractivity contribution in [3.8, 4) is 16.3 Å². The summed E-state index contributed by atoms with van der Waals surface area (Å²) < 4.78 is 5.43. The zero-order chi connectivity index (χ0) is 12.1. The molecule has 2 N–H and O–H groups in total. The number of aryl methyl sites for hydroxylation is 1. The van der Waals surface area contributed by atoms with Gasteiger partial charge in [0, 0.05) is 17.5 Å². The lowest BCUT2D eigenvalue weighted by molar-refractivity contribution is 0.328. The molecule has 0 fully saturated rings. The molecule has 4 heteroatoms. The highest BCUT2D eigenvalue weighted by Gasteiger charge is 2.03. The van der Waals surface area contributed by atoms with Gasteiger partial charge in [0.05, 0.1) is 5.69 Å². The summed E-state index contributed by atoms with van der Waals surface area (Å²) in [6.07, 6.45) is 0.980. The van der Waals surface area contributed by atoms with Crippen molar-refractivity contribution in [3.63, 3.8) is 0 Å². The Morgan fingerprint density at radius 1 is 1.29 bits per heavy atom. The van der Waals surface area contributed by atoms with E-state index in [9.17, 15) is 0 Å². The summed E-state index contributed by atoms with van der Waals surface area (Å²) in [7, 11) is 0. The highest BCUT2D eigenvalue weighted by atomic mass is 32.1. The third-order valence-corrected chi connectivity index (χ3v) is 3.34. The molecule has 3 nitrogen and oxygen atoms in total. The van der Waals surface area contributed by atoms with Gasteiger partial charge in [0.2, 0.25) is 0 Å². The molecule has 0 amide bonds. The molecule has 0 spiro atoms. The van der Waals surface area contributed by atoms with Crippen molar-refractivity contribution in [1.82, 2.24) is 4.98 Å². The minimum absolute atomic E-state index is 0.536. The van der Waals surface area contributed by atoms with E-state index in [2.05, 4.69) is 17.3 Å². The molecule has 0 aliphatic heterocycles. The first kappa shape index (κ1) is 12.1. The van der Waals surface area contributed by atoms with E-state index >= 15 is 0 Å². The van der Waals surface area contributed by atoms with Crippen LogP contribution in [0.25, 0.3) is 10.6 Å². The minimum Gasteiger partial charge on any atom is -0.492 e. The van der Waals surface area contributed by atoms with Crippen LogP contribution in [0.5, 0.6) is 5.75 Å². The molecule has 0 unspecified atom stereocenters. The van der Waals surface area contributed by atoms with E-state index < -0.39 is 0 Å². The van der Waals surface area contributed by atoms with Gasteiger partial charge in [-0.1, -0.05) is 6.92 Å². The summed E-state index contributed by atoms with van der Waals surface area (Å²) in [6.45, 7) is 3.20. The van der Waals surface area contributed by atoms with Gasteiger partial charge in [-0.25, -0.2) is 4.98 Å². The lowest BCUT2D eigenvalue weighted by Gasteiger charge is -2.04. The first-order valence-corrected chi connectivity index (χ1v) is 6.59. The van der Waals surface area contributed by atoms with Crippen LogP contribution in [-0.2, 0) is 6.42 Å². The maximum absolute atomic E-state index is 5.43. The monoisotopic (exact) mass is 248 g/mol. The normalized spacial score (nSPS) is 10.5. The molecule has 0 aliphatic carbocycles. The molecular formula is C13H16N2OS. The largest absolute Gasteiger partial charge is 0.492 e. The fourth-order valence-corrected chi connectivity index (χ4v) is 2.38. The Morgan fingerprint density at radius 2 is 2.06 bits per heavy atom. The summed E-state index contributed by atoms with van der Waals surface area (Å²) in [5, 5.41) is 3.17. The predicted molar refractivity (Wildman–Crippen MR) is 71.5 cm³/mol. The first-order chi connectivity index (χ1) is 8.33. The van der Waals surface area contributed by atoms with Crippen LogP contribution in [0.3, 0.4) is 0 Å². The van der Waals surface area contributed by atoms with Crippen molar-refractivity contribution < 1.29 is 4.74 Å². The van der Waals surface area contributed by atoms with Crippen molar-refractivity contribution in [2.75, 3.05) is 13.2 Å². The van der Waals surface area contributed by atoms with Gasteiger partial charge in [-0.05, 0) is 30.7 Å². The van der Waals surface area contributed by atoms with Gasteiger partial charge in [0.1, 0.15) is 17.4 Å². The third kappa shape index (κ3) is 3.05. The van der Waals surface area contributed by atoms with E-state index in [1.54, 1.807) is 11.3 Å². The second-order valence-electron chi connectivity index (χ2n) is 3.66. The Morgan fingerprint density at radius 3 is 2.65 bits per heavy atom. The molecule has 17 heavy (non-hydrogen) atoms. The average Bonchev–Trinajstić information content (AvgIpc) is 2.86. The van der Waals surface area contributed by atoms with Crippen molar-refractivity contribution in [3.05, 3.63) is 35.3 Å². The van der Waals surface area contributed by atoms with Crippen molar-refractivity contribution in [2.24, 2.45) is 5.73 Å². The Kier molecular flexibility index (Phi) is 4.12. The topological polar surface area (TPSA) is 48.1 Å². The average molecular weight is 248 g/mol. The molecule has 2 rings (SSSR count). The molecular weight excluding hydrogens is 232 g/mol. The van der Waals surface area contributed by atoms with E-state index in [0.29, 0.717) is 13.2 Å². The summed E-state index contributed by atoms with van der Waals surface area (Å²) in [5.74, 6) is 0.853. The van der Waals surface area contributed by atoms with Crippen molar-refractivity contribution in [2.45, 2.75) is 13.3 Å². The Balaban J connectivity index is 2.11. The van der Waals surface area contributed by atoms with Crippen molar-refractivity contribution in [1.29, 1.82) is 0 Å². The van der Waals surface area contributed by atoms with Gasteiger partial charge >= 0.3 is 0 Å². The van der Waals surface area contributed by atoms with Crippen molar-refractivity contribution >= 4 is 11.3 Å². The molecule has 90 valence electrons. The lowest BCUT2D eigenvalue weighted by Crippen LogP contribution is -2.10. The molecule has 0 saturated heterocycles. The molecule has 0 saturated carbocycles. The van der Waals surface area contributed by atoms with E-state index in [-0.39, 0.29) is 0 Å². The number of nitrogens with zero attached hydrogens (tertiary/aromatic N) is 1. The zero-order valence-electron chi connectivity index (χ0n) is 9.85. The summed E-state index contributed by atoms with van der Waals surface area (Å²) in [6, 6.07) is 7.98. The second kappa shape index (κ2) is 5.80. The van der Waals surface area contributed by atoms with Crippen LogP contribution in [0.15, 0.2) is 29.6 Å². The van der Waals surface area contributed by atoms with Gasteiger partial charge in [-0.2, -0.15) is 0 Å². The second-order valence-corrected chi connectivity index (χ2v) is 4.52. The number of nitrogens with two attached hydrogens (primary N) is 1. The summed E-state index contributed by atoms with van der Waals surface area (Å²) in [4.78, 5) is 4.55. The fourth-order valence-electron chi connectivity index (χ4n) is 1.47. The van der Waals surface area contributed by atoms with Crippen LogP contribution in [-0.4, -0.2) is 18.1 Å². The van der Waals surface area contributed by atoms with Crippen LogP contribution in [0.1, 0.15) is 12.6 Å². The molecule has 1 heterocycles. The minimum atomic E-state index is 0.536. The van der Waals surface area contributed by atoms with Gasteiger partial charge in [-0.3, -0.25) is 0 Å². The van der Waals surface area contributed by atoms with Gasteiger partial charge in [0.15, 0.2) is 0 Å². The number of rotatable bonds is 5. The highest BCUT2D eigenvalue weighted by molar-refractivity contribution is 7.13. The number of ether oxygens (including phenoxy) is 1. The fraction of sp³-hybridized carbons (Fsp3) is 0.308. The zero-order valence-corrected chi connectivity index (χ0v) is 10.7. The van der Waals surface area contributed by atoms with Crippen LogP contribution in [0.4, 0.5) is 0 Å². The quantitative estimate of drug-likeness (QED) is 0.885. The van der Waals surface area contributed by atoms with E-state index in [1.165, 1.54) is 0 Å². The molecule has 0 bridgehead atoms. The molecule has 0 aliphatic rings. The molecule has 1 aromatic heterocycles. The van der Waals surface area contributed by atoms with Crippen LogP contribution in [0, 0.1) is 0 Å². The van der Waals surface area contributed by atoms with E-state index in [1.807, 2.05) is 24.3 Å². The van der Waals surface area contributed by atoms with Crippen LogP contribution >= 0.6 is 11.3 Å². The highest BCUT2D eigenvalue weighted by Crippen LogP contribution is 2.25. The lowest BCUT2D eigenvalue weighted by atomic mass is 10.2. The van der Waals surface area contributed by atoms with E-state index in [0.717, 1.165) is 28.4 Å². The molecule has 2 aromatic rings. The summed E-state index contributed by atoms with van der Waals surface area (Å²) >= 11 is 1.68. The Hall–Kier alpha value is -1.39. The smallest absolute Gasteiger partial charge is 0.123 e. The first-order valence-electron chi connectivity index (χ1n) is 5.71. The SMILES string of the molecule is CCc1csc(-c2ccc(OCCN)cc2)n1. The maximum Gasteiger partial charge on any atom is 0.123 e. The molecule has 0 atom stereocenters. The van der Waals surface area contributed by atoms with Gasteiger partial charge in [0.25, 0.3) is 0 Å². The third-order valence-electron chi connectivity index (χ3n) is 2.40. The number of aromatic nitrogens is 1. The number of thiazole rings is 1. The van der Waals surface area contributed by atoms with Gasteiger partial charge in [-0.15, -0.1) is 11.3 Å².